The van der Waals surface area contributed by atoms with Crippen molar-refractivity contribution in [3.05, 3.63) is 20.7 Å². The van der Waals surface area contributed by atoms with E-state index in [1.54, 1.807) is 10.3 Å². The number of nitrogens with zero attached hydrogens (tertiary/aromatic N) is 1. The summed E-state index contributed by atoms with van der Waals surface area (Å²) in [6, 6.07) is -0.0776. The molecule has 1 fully saturated rings. The van der Waals surface area contributed by atoms with Crippen LogP contribution in [0, 0.1) is 0 Å². The van der Waals surface area contributed by atoms with Crippen molar-refractivity contribution in [1.82, 2.24) is 15.2 Å². The van der Waals surface area contributed by atoms with Crippen molar-refractivity contribution < 1.29 is 9.59 Å². The van der Waals surface area contributed by atoms with Crippen LogP contribution in [0.1, 0.15) is 43.1 Å². The molecule has 6 nitrogen and oxygen atoms in total. The van der Waals surface area contributed by atoms with Gasteiger partial charge in [-0.3, -0.25) is 14.4 Å². The summed E-state index contributed by atoms with van der Waals surface area (Å²) < 4.78 is 0. The van der Waals surface area contributed by atoms with Crippen LogP contribution in [-0.4, -0.2) is 40.8 Å². The molecule has 1 saturated heterocycles. The molecular formula is C13H19N3O3S. The molecular weight excluding hydrogens is 278 g/mol. The zero-order valence-corrected chi connectivity index (χ0v) is 12.3. The number of carbonyl (C=O) groups excluding carboxylic acids is 2. The fourth-order valence-corrected chi connectivity index (χ4v) is 3.06. The third-order valence-corrected chi connectivity index (χ3v) is 4.10. The van der Waals surface area contributed by atoms with Gasteiger partial charge in [0.2, 0.25) is 5.91 Å². The first-order valence-electron chi connectivity index (χ1n) is 6.87. The number of amides is 2. The monoisotopic (exact) mass is 297 g/mol. The normalized spacial score (nSPS) is 18.9. The molecule has 110 valence electrons. The van der Waals surface area contributed by atoms with Crippen molar-refractivity contribution in [2.24, 2.45) is 0 Å². The highest BCUT2D eigenvalue weighted by Gasteiger charge is 2.29. The average molecular weight is 297 g/mol. The average Bonchev–Trinajstić information content (AvgIpc) is 2.85. The van der Waals surface area contributed by atoms with E-state index in [4.69, 9.17) is 0 Å². The summed E-state index contributed by atoms with van der Waals surface area (Å²) in [6.07, 6.45) is 3.12. The molecule has 7 heteroatoms. The van der Waals surface area contributed by atoms with Crippen LogP contribution in [0.4, 0.5) is 0 Å². The molecule has 20 heavy (non-hydrogen) atoms. The van der Waals surface area contributed by atoms with Crippen molar-refractivity contribution in [1.29, 1.82) is 0 Å². The van der Waals surface area contributed by atoms with Crippen molar-refractivity contribution in [2.75, 3.05) is 13.1 Å². The van der Waals surface area contributed by atoms with Crippen molar-refractivity contribution in [3.63, 3.8) is 0 Å². The Morgan fingerprint density at radius 3 is 2.95 bits per heavy atom. The van der Waals surface area contributed by atoms with E-state index in [-0.39, 0.29) is 22.7 Å². The molecule has 1 atom stereocenters. The van der Waals surface area contributed by atoms with E-state index in [1.165, 1.54) is 0 Å². The van der Waals surface area contributed by atoms with Crippen LogP contribution >= 0.6 is 11.3 Å². The van der Waals surface area contributed by atoms with Gasteiger partial charge in [-0.2, -0.15) is 0 Å². The van der Waals surface area contributed by atoms with Crippen molar-refractivity contribution in [3.8, 4) is 0 Å². The SMILES string of the molecule is CCNC(=O)CC1CCCCN1C(=O)c1csc(=O)[nH]1. The highest BCUT2D eigenvalue weighted by atomic mass is 32.1. The molecule has 2 heterocycles. The second-order valence-electron chi connectivity index (χ2n) is 4.87. The minimum absolute atomic E-state index is 0.0315. The highest BCUT2D eigenvalue weighted by molar-refractivity contribution is 7.07. The molecule has 1 aliphatic heterocycles. The number of thiazole rings is 1. The van der Waals surface area contributed by atoms with E-state index in [1.807, 2.05) is 6.92 Å². The number of rotatable bonds is 4. The van der Waals surface area contributed by atoms with Crippen LogP contribution in [-0.2, 0) is 4.79 Å². The Morgan fingerprint density at radius 1 is 1.50 bits per heavy atom. The van der Waals surface area contributed by atoms with Gasteiger partial charge < -0.3 is 15.2 Å². The van der Waals surface area contributed by atoms with Crippen LogP contribution < -0.4 is 10.2 Å². The summed E-state index contributed by atoms with van der Waals surface area (Å²) in [6.45, 7) is 3.11. The number of aromatic nitrogens is 1. The van der Waals surface area contributed by atoms with E-state index in [9.17, 15) is 14.4 Å². The molecule has 2 amide bonds. The maximum atomic E-state index is 12.4. The predicted octanol–water partition coefficient (Wildman–Crippen LogP) is 0.957. The lowest BCUT2D eigenvalue weighted by Crippen LogP contribution is -2.46. The summed E-state index contributed by atoms with van der Waals surface area (Å²) in [5.74, 6) is -0.214. The van der Waals surface area contributed by atoms with Crippen LogP contribution in [0.25, 0.3) is 0 Å². The fourth-order valence-electron chi connectivity index (χ4n) is 2.50. The quantitative estimate of drug-likeness (QED) is 0.868. The first kappa shape index (κ1) is 14.8. The van der Waals surface area contributed by atoms with Crippen molar-refractivity contribution >= 4 is 23.2 Å². The second-order valence-corrected chi connectivity index (χ2v) is 5.71. The first-order valence-corrected chi connectivity index (χ1v) is 7.75. The number of H-pyrrole nitrogens is 1. The number of carbonyl (C=O) groups is 2. The Kier molecular flexibility index (Phi) is 4.94. The summed E-state index contributed by atoms with van der Waals surface area (Å²) >= 11 is 0.982. The molecule has 1 aliphatic rings. The lowest BCUT2D eigenvalue weighted by Gasteiger charge is -2.35. The topological polar surface area (TPSA) is 82.3 Å². The molecule has 0 aliphatic carbocycles. The predicted molar refractivity (Wildman–Crippen MR) is 76.9 cm³/mol. The van der Waals surface area contributed by atoms with E-state index in [2.05, 4.69) is 10.3 Å². The molecule has 1 unspecified atom stereocenters. The smallest absolute Gasteiger partial charge is 0.305 e. The maximum Gasteiger partial charge on any atom is 0.305 e. The number of nitrogens with one attached hydrogen (secondary N) is 2. The van der Waals surface area contributed by atoms with Gasteiger partial charge in [-0.05, 0) is 26.2 Å². The van der Waals surface area contributed by atoms with Gasteiger partial charge in [0.15, 0.2) is 0 Å². The van der Waals surface area contributed by atoms with E-state index >= 15 is 0 Å². The summed E-state index contributed by atoms with van der Waals surface area (Å²) in [5, 5.41) is 4.31. The minimum atomic E-state index is -0.231. The second kappa shape index (κ2) is 6.69. The molecule has 0 saturated carbocycles. The Morgan fingerprint density at radius 2 is 2.30 bits per heavy atom. The van der Waals surface area contributed by atoms with Gasteiger partial charge in [-0.25, -0.2) is 0 Å². The number of aromatic amines is 1. The molecule has 2 rings (SSSR count). The molecule has 0 radical (unpaired) electrons. The van der Waals surface area contributed by atoms with Gasteiger partial charge in [0.25, 0.3) is 5.91 Å². The van der Waals surface area contributed by atoms with E-state index in [0.29, 0.717) is 25.2 Å². The van der Waals surface area contributed by atoms with E-state index < -0.39 is 0 Å². The molecule has 1 aromatic heterocycles. The highest BCUT2D eigenvalue weighted by Crippen LogP contribution is 2.21. The lowest BCUT2D eigenvalue weighted by molar-refractivity contribution is -0.122. The van der Waals surface area contributed by atoms with Crippen LogP contribution in [0.2, 0.25) is 0 Å². The zero-order chi connectivity index (χ0) is 14.5. The van der Waals surface area contributed by atoms with Gasteiger partial charge in [0, 0.05) is 30.9 Å². The Labute approximate surface area is 121 Å². The van der Waals surface area contributed by atoms with Gasteiger partial charge >= 0.3 is 4.87 Å². The van der Waals surface area contributed by atoms with Crippen LogP contribution in [0.3, 0.4) is 0 Å². The van der Waals surface area contributed by atoms with E-state index in [0.717, 1.165) is 30.6 Å². The van der Waals surface area contributed by atoms with Crippen LogP contribution in [0.5, 0.6) is 0 Å². The fraction of sp³-hybridized carbons (Fsp3) is 0.615. The molecule has 0 aromatic carbocycles. The molecule has 1 aromatic rings. The number of hydrogen-bond donors (Lipinski definition) is 2. The van der Waals surface area contributed by atoms with Crippen molar-refractivity contribution in [2.45, 2.75) is 38.6 Å². The summed E-state index contributed by atoms with van der Waals surface area (Å²) in [5.41, 5.74) is 0.322. The van der Waals surface area contributed by atoms with Crippen LogP contribution in [0.15, 0.2) is 10.2 Å². The molecule has 2 N–H and O–H groups in total. The number of hydrogen-bond acceptors (Lipinski definition) is 4. The standard InChI is InChI=1S/C13H19N3O3S/c1-2-14-11(17)7-9-5-3-4-6-16(9)12(18)10-8-20-13(19)15-10/h8-9H,2-7H2,1H3,(H,14,17)(H,15,19). The molecule has 0 bridgehead atoms. The maximum absolute atomic E-state index is 12.4. The summed E-state index contributed by atoms with van der Waals surface area (Å²) in [4.78, 5) is 39.3. The Bertz CT molecular complexity index is 537. The third-order valence-electron chi connectivity index (χ3n) is 3.43. The number of likely N-dealkylation sites (tertiary alicyclic amines) is 1. The zero-order valence-electron chi connectivity index (χ0n) is 11.5. The lowest BCUT2D eigenvalue weighted by atomic mass is 9.98. The van der Waals surface area contributed by atoms with Gasteiger partial charge in [0.05, 0.1) is 0 Å². The Balaban J connectivity index is 2.08. The molecule has 0 spiro atoms. The summed E-state index contributed by atoms with van der Waals surface area (Å²) in [7, 11) is 0. The Hall–Kier alpha value is -1.63. The number of piperidine rings is 1. The first-order chi connectivity index (χ1) is 9.61. The van der Waals surface area contributed by atoms with Gasteiger partial charge in [0.1, 0.15) is 5.69 Å². The third kappa shape index (κ3) is 3.47. The largest absolute Gasteiger partial charge is 0.356 e. The minimum Gasteiger partial charge on any atom is -0.356 e. The van der Waals surface area contributed by atoms with Gasteiger partial charge in [-0.15, -0.1) is 0 Å². The van der Waals surface area contributed by atoms with Gasteiger partial charge in [-0.1, -0.05) is 11.3 Å².